The average Bonchev–Trinajstić information content (AvgIpc) is 2.49. The summed E-state index contributed by atoms with van der Waals surface area (Å²) in [6.45, 7) is 12.0. The fourth-order valence-corrected chi connectivity index (χ4v) is 2.48. The summed E-state index contributed by atoms with van der Waals surface area (Å²) in [5.74, 6) is -4.56. The van der Waals surface area contributed by atoms with Gasteiger partial charge in [-0.3, -0.25) is 14.4 Å². The summed E-state index contributed by atoms with van der Waals surface area (Å²) in [6.07, 6.45) is -0.773. The van der Waals surface area contributed by atoms with Gasteiger partial charge in [0.1, 0.15) is 5.60 Å². The zero-order chi connectivity index (χ0) is 17.2. The van der Waals surface area contributed by atoms with Crippen LogP contribution in [0.15, 0.2) is 0 Å². The lowest BCUT2D eigenvalue weighted by Crippen LogP contribution is -2.41. The highest BCUT2D eigenvalue weighted by Crippen LogP contribution is 2.41. The molecular formula is C16H26O6. The van der Waals surface area contributed by atoms with E-state index in [4.69, 9.17) is 14.2 Å². The SMILES string of the molecule is CC(C)OC(=O)C(C(=O)OC(C)C)C1C(=O)OC(C)(C)C1C. The standard InChI is InChI=1S/C16H26O6/c1-8(2)20-13(17)12(14(18)21-9(3)4)11-10(5)16(6,7)22-15(11)19/h8-12H,1-7H3. The van der Waals surface area contributed by atoms with Crippen LogP contribution in [0.4, 0.5) is 0 Å². The molecule has 1 heterocycles. The molecule has 22 heavy (non-hydrogen) atoms. The molecule has 126 valence electrons. The topological polar surface area (TPSA) is 78.9 Å². The van der Waals surface area contributed by atoms with Crippen LogP contribution >= 0.6 is 0 Å². The maximum Gasteiger partial charge on any atom is 0.321 e. The summed E-state index contributed by atoms with van der Waals surface area (Å²) in [7, 11) is 0. The molecular weight excluding hydrogens is 288 g/mol. The highest BCUT2D eigenvalue weighted by atomic mass is 16.6. The third kappa shape index (κ3) is 3.99. The van der Waals surface area contributed by atoms with Crippen molar-refractivity contribution in [1.29, 1.82) is 0 Å². The Labute approximate surface area is 131 Å². The van der Waals surface area contributed by atoms with E-state index < -0.39 is 35.3 Å². The second-order valence-electron chi connectivity index (χ2n) is 6.79. The molecule has 0 N–H and O–H groups in total. The summed E-state index contributed by atoms with van der Waals surface area (Å²) in [4.78, 5) is 36.9. The first-order valence-corrected chi connectivity index (χ1v) is 7.61. The summed E-state index contributed by atoms with van der Waals surface area (Å²) < 4.78 is 15.6. The van der Waals surface area contributed by atoms with Crippen molar-refractivity contribution in [2.45, 2.75) is 66.3 Å². The highest BCUT2D eigenvalue weighted by Gasteiger charge is 2.56. The fourth-order valence-electron chi connectivity index (χ4n) is 2.48. The van der Waals surface area contributed by atoms with Crippen LogP contribution in [0, 0.1) is 17.8 Å². The first-order chi connectivity index (χ1) is 9.97. The quantitative estimate of drug-likeness (QED) is 0.439. The van der Waals surface area contributed by atoms with Gasteiger partial charge in [0.2, 0.25) is 0 Å². The van der Waals surface area contributed by atoms with Crippen LogP contribution in [0.25, 0.3) is 0 Å². The van der Waals surface area contributed by atoms with E-state index >= 15 is 0 Å². The maximum atomic E-state index is 12.3. The Morgan fingerprint density at radius 1 is 1.05 bits per heavy atom. The monoisotopic (exact) mass is 314 g/mol. The average molecular weight is 314 g/mol. The molecule has 0 aromatic rings. The van der Waals surface area contributed by atoms with E-state index in [-0.39, 0.29) is 18.1 Å². The summed E-state index contributed by atoms with van der Waals surface area (Å²) in [5, 5.41) is 0. The van der Waals surface area contributed by atoms with E-state index in [1.54, 1.807) is 48.5 Å². The molecule has 2 atom stereocenters. The lowest BCUT2D eigenvalue weighted by atomic mass is 9.77. The predicted octanol–water partition coefficient (Wildman–Crippen LogP) is 2.09. The lowest BCUT2D eigenvalue weighted by Gasteiger charge is -2.26. The van der Waals surface area contributed by atoms with Crippen molar-refractivity contribution in [3.8, 4) is 0 Å². The zero-order valence-corrected chi connectivity index (χ0v) is 14.3. The summed E-state index contributed by atoms with van der Waals surface area (Å²) in [6, 6.07) is 0. The lowest BCUT2D eigenvalue weighted by molar-refractivity contribution is -0.173. The number of esters is 3. The molecule has 0 radical (unpaired) electrons. The number of carbonyl (C=O) groups excluding carboxylic acids is 3. The first kappa shape index (κ1) is 18.5. The normalized spacial score (nSPS) is 23.8. The molecule has 1 aliphatic heterocycles. The number of cyclic esters (lactones) is 1. The number of hydrogen-bond donors (Lipinski definition) is 0. The van der Waals surface area contributed by atoms with Crippen molar-refractivity contribution in [3.05, 3.63) is 0 Å². The van der Waals surface area contributed by atoms with E-state index in [2.05, 4.69) is 0 Å². The van der Waals surface area contributed by atoms with Gasteiger partial charge >= 0.3 is 17.9 Å². The molecule has 0 saturated carbocycles. The van der Waals surface area contributed by atoms with Crippen molar-refractivity contribution >= 4 is 17.9 Å². The van der Waals surface area contributed by atoms with Gasteiger partial charge in [-0.1, -0.05) is 6.92 Å². The van der Waals surface area contributed by atoms with Gasteiger partial charge in [0, 0.05) is 5.92 Å². The molecule has 0 spiro atoms. The van der Waals surface area contributed by atoms with Gasteiger partial charge in [-0.15, -0.1) is 0 Å². The van der Waals surface area contributed by atoms with Gasteiger partial charge in [-0.05, 0) is 41.5 Å². The van der Waals surface area contributed by atoms with Gasteiger partial charge in [0.25, 0.3) is 0 Å². The minimum Gasteiger partial charge on any atom is -0.462 e. The van der Waals surface area contributed by atoms with Crippen LogP contribution < -0.4 is 0 Å². The molecule has 0 aliphatic carbocycles. The van der Waals surface area contributed by atoms with Crippen LogP contribution in [0.2, 0.25) is 0 Å². The van der Waals surface area contributed by atoms with Crippen molar-refractivity contribution < 1.29 is 28.6 Å². The Morgan fingerprint density at radius 2 is 1.45 bits per heavy atom. The summed E-state index contributed by atoms with van der Waals surface area (Å²) in [5.41, 5.74) is -0.740. The van der Waals surface area contributed by atoms with Crippen LogP contribution in [-0.4, -0.2) is 35.7 Å². The number of hydrogen-bond acceptors (Lipinski definition) is 6. The molecule has 1 rings (SSSR count). The molecule has 0 aromatic carbocycles. The predicted molar refractivity (Wildman–Crippen MR) is 78.8 cm³/mol. The first-order valence-electron chi connectivity index (χ1n) is 7.61. The third-order valence-corrected chi connectivity index (χ3v) is 3.84. The van der Waals surface area contributed by atoms with Gasteiger partial charge in [-0.2, -0.15) is 0 Å². The van der Waals surface area contributed by atoms with E-state index in [0.29, 0.717) is 0 Å². The van der Waals surface area contributed by atoms with Crippen molar-refractivity contribution in [1.82, 2.24) is 0 Å². The third-order valence-electron chi connectivity index (χ3n) is 3.84. The summed E-state index contributed by atoms with van der Waals surface area (Å²) >= 11 is 0. The van der Waals surface area contributed by atoms with Crippen molar-refractivity contribution in [3.63, 3.8) is 0 Å². The van der Waals surface area contributed by atoms with Gasteiger partial charge in [0.05, 0.1) is 18.1 Å². The van der Waals surface area contributed by atoms with Crippen LogP contribution in [0.5, 0.6) is 0 Å². The van der Waals surface area contributed by atoms with Crippen molar-refractivity contribution in [2.75, 3.05) is 0 Å². The Balaban J connectivity index is 3.12. The Morgan fingerprint density at radius 3 is 1.73 bits per heavy atom. The number of carbonyl (C=O) groups is 3. The zero-order valence-electron chi connectivity index (χ0n) is 14.3. The van der Waals surface area contributed by atoms with Crippen molar-refractivity contribution in [2.24, 2.45) is 17.8 Å². The van der Waals surface area contributed by atoms with Crippen LogP contribution in [0.1, 0.15) is 48.5 Å². The van der Waals surface area contributed by atoms with Gasteiger partial charge in [-0.25, -0.2) is 0 Å². The molecule has 1 fully saturated rings. The van der Waals surface area contributed by atoms with Gasteiger partial charge in [0.15, 0.2) is 5.92 Å². The molecule has 6 heteroatoms. The van der Waals surface area contributed by atoms with E-state index in [1.165, 1.54) is 0 Å². The molecule has 0 bridgehead atoms. The number of rotatable bonds is 5. The Bertz CT molecular complexity index is 430. The second-order valence-corrected chi connectivity index (χ2v) is 6.79. The van der Waals surface area contributed by atoms with Crippen LogP contribution in [-0.2, 0) is 28.6 Å². The molecule has 1 aliphatic rings. The molecule has 0 aromatic heterocycles. The highest BCUT2D eigenvalue weighted by molar-refractivity contribution is 6.00. The second kappa shape index (κ2) is 6.67. The molecule has 6 nitrogen and oxygen atoms in total. The Kier molecular flexibility index (Phi) is 5.59. The minimum atomic E-state index is -1.30. The van der Waals surface area contributed by atoms with E-state index in [1.807, 2.05) is 0 Å². The van der Waals surface area contributed by atoms with Gasteiger partial charge < -0.3 is 14.2 Å². The largest absolute Gasteiger partial charge is 0.462 e. The minimum absolute atomic E-state index is 0.315. The number of ether oxygens (including phenoxy) is 3. The Hall–Kier alpha value is -1.59. The molecule has 2 unspecified atom stereocenters. The molecule has 0 amide bonds. The maximum absolute atomic E-state index is 12.3. The van der Waals surface area contributed by atoms with E-state index in [9.17, 15) is 14.4 Å². The van der Waals surface area contributed by atoms with E-state index in [0.717, 1.165) is 0 Å². The van der Waals surface area contributed by atoms with Crippen LogP contribution in [0.3, 0.4) is 0 Å². The fraction of sp³-hybridized carbons (Fsp3) is 0.812. The smallest absolute Gasteiger partial charge is 0.321 e. The molecule has 1 saturated heterocycles.